The Morgan fingerprint density at radius 2 is 2.27 bits per heavy atom. The maximum absolute atomic E-state index is 4.60. The van der Waals surface area contributed by atoms with E-state index in [1.54, 1.807) is 11.8 Å². The first-order valence-electron chi connectivity index (χ1n) is 5.32. The monoisotopic (exact) mass is 222 g/mol. The minimum Gasteiger partial charge on any atom is -0.276 e. The van der Waals surface area contributed by atoms with Gasteiger partial charge in [0.25, 0.3) is 0 Å². The summed E-state index contributed by atoms with van der Waals surface area (Å²) in [6, 6.07) is 5.95. The quantitative estimate of drug-likeness (QED) is 0.577. The molecule has 1 heterocycles. The first kappa shape index (κ1) is 12.2. The number of aromatic nitrogens is 1. The van der Waals surface area contributed by atoms with E-state index < -0.39 is 0 Å². The van der Waals surface area contributed by atoms with Crippen LogP contribution in [-0.2, 0) is 0 Å². The molecule has 0 spiro atoms. The number of aliphatic imine (C=N–C) groups is 1. The van der Waals surface area contributed by atoms with Gasteiger partial charge in [0.15, 0.2) is 0 Å². The molecule has 3 heteroatoms. The fourth-order valence-corrected chi connectivity index (χ4v) is 1.80. The Hall–Kier alpha value is -0.830. The molecule has 0 fully saturated rings. The molecule has 0 aliphatic heterocycles. The van der Waals surface area contributed by atoms with Crippen LogP contribution in [0.5, 0.6) is 0 Å². The molecule has 15 heavy (non-hydrogen) atoms. The number of rotatable bonds is 4. The van der Waals surface area contributed by atoms with Crippen molar-refractivity contribution in [3.8, 4) is 0 Å². The van der Waals surface area contributed by atoms with Crippen LogP contribution in [-0.4, -0.2) is 22.3 Å². The summed E-state index contributed by atoms with van der Waals surface area (Å²) < 4.78 is 0. The number of hydrogen-bond acceptors (Lipinski definition) is 3. The molecule has 1 aromatic rings. The lowest BCUT2D eigenvalue weighted by Gasteiger charge is -2.05. The van der Waals surface area contributed by atoms with E-state index in [4.69, 9.17) is 0 Å². The van der Waals surface area contributed by atoms with Crippen LogP contribution in [0.25, 0.3) is 0 Å². The van der Waals surface area contributed by atoms with Crippen LogP contribution in [0, 0.1) is 5.92 Å². The Labute approximate surface area is 96.2 Å². The van der Waals surface area contributed by atoms with Gasteiger partial charge in [-0.25, -0.2) is 0 Å². The standard InChI is InChI=1S/C12H18N2S/c1-4-15-12(14-9-10(2)3)11-7-5-6-8-13-11/h5-8,10H,4,9H2,1-3H3. The highest BCUT2D eigenvalue weighted by Gasteiger charge is 2.04. The van der Waals surface area contributed by atoms with E-state index in [-0.39, 0.29) is 0 Å². The van der Waals surface area contributed by atoms with Crippen molar-refractivity contribution >= 4 is 16.8 Å². The average Bonchev–Trinajstić information content (AvgIpc) is 2.25. The summed E-state index contributed by atoms with van der Waals surface area (Å²) in [5.74, 6) is 1.63. The van der Waals surface area contributed by atoms with E-state index in [1.807, 2.05) is 24.4 Å². The topological polar surface area (TPSA) is 25.2 Å². The molecule has 82 valence electrons. The van der Waals surface area contributed by atoms with Gasteiger partial charge in [-0.3, -0.25) is 9.98 Å². The summed E-state index contributed by atoms with van der Waals surface area (Å²) in [6.07, 6.45) is 1.82. The molecule has 0 aromatic carbocycles. The minimum atomic E-state index is 0.598. The van der Waals surface area contributed by atoms with E-state index in [1.165, 1.54) is 0 Å². The molecule has 0 unspecified atom stereocenters. The molecular weight excluding hydrogens is 204 g/mol. The molecule has 0 saturated heterocycles. The Balaban J connectivity index is 2.78. The molecule has 0 aliphatic rings. The lowest BCUT2D eigenvalue weighted by atomic mass is 10.2. The Morgan fingerprint density at radius 3 is 2.80 bits per heavy atom. The molecule has 0 amide bonds. The van der Waals surface area contributed by atoms with E-state index in [9.17, 15) is 0 Å². The lowest BCUT2D eigenvalue weighted by Crippen LogP contribution is -2.03. The maximum Gasteiger partial charge on any atom is 0.116 e. The second kappa shape index (κ2) is 6.62. The normalized spacial score (nSPS) is 12.1. The molecule has 2 nitrogen and oxygen atoms in total. The summed E-state index contributed by atoms with van der Waals surface area (Å²) in [7, 11) is 0. The second-order valence-electron chi connectivity index (χ2n) is 3.69. The van der Waals surface area contributed by atoms with Crippen molar-refractivity contribution < 1.29 is 0 Å². The summed E-state index contributed by atoms with van der Waals surface area (Å²) in [6.45, 7) is 7.36. The molecule has 1 aromatic heterocycles. The zero-order chi connectivity index (χ0) is 11.1. The number of hydrogen-bond donors (Lipinski definition) is 0. The Morgan fingerprint density at radius 1 is 1.47 bits per heavy atom. The zero-order valence-corrected chi connectivity index (χ0v) is 10.4. The van der Waals surface area contributed by atoms with E-state index in [0.29, 0.717) is 5.92 Å². The molecule has 0 bridgehead atoms. The Bertz CT molecular complexity index is 307. The maximum atomic E-state index is 4.60. The number of thioether (sulfide) groups is 1. The van der Waals surface area contributed by atoms with Gasteiger partial charge >= 0.3 is 0 Å². The highest BCUT2D eigenvalue weighted by atomic mass is 32.2. The predicted molar refractivity (Wildman–Crippen MR) is 68.6 cm³/mol. The van der Waals surface area contributed by atoms with Gasteiger partial charge in [-0.2, -0.15) is 0 Å². The summed E-state index contributed by atoms with van der Waals surface area (Å²) in [5, 5.41) is 1.06. The largest absolute Gasteiger partial charge is 0.276 e. The number of nitrogens with zero attached hydrogens (tertiary/aromatic N) is 2. The summed E-state index contributed by atoms with van der Waals surface area (Å²) >= 11 is 1.76. The first-order valence-corrected chi connectivity index (χ1v) is 6.31. The molecule has 1 rings (SSSR count). The summed E-state index contributed by atoms with van der Waals surface area (Å²) in [5.41, 5.74) is 0.991. The van der Waals surface area contributed by atoms with Crippen molar-refractivity contribution in [2.45, 2.75) is 20.8 Å². The average molecular weight is 222 g/mol. The van der Waals surface area contributed by atoms with Crippen molar-refractivity contribution in [3.05, 3.63) is 30.1 Å². The number of pyridine rings is 1. The van der Waals surface area contributed by atoms with Gasteiger partial charge in [-0.05, 0) is 23.8 Å². The SMILES string of the molecule is CCSC(=NCC(C)C)c1ccccn1. The molecule has 0 N–H and O–H groups in total. The van der Waals surface area contributed by atoms with Crippen LogP contribution in [0.4, 0.5) is 0 Å². The molecule has 0 atom stereocenters. The van der Waals surface area contributed by atoms with Gasteiger partial charge in [0.05, 0.1) is 5.69 Å². The predicted octanol–water partition coefficient (Wildman–Crippen LogP) is 3.24. The highest BCUT2D eigenvalue weighted by Crippen LogP contribution is 2.12. The van der Waals surface area contributed by atoms with Crippen LogP contribution >= 0.6 is 11.8 Å². The van der Waals surface area contributed by atoms with Gasteiger partial charge in [-0.1, -0.05) is 26.8 Å². The minimum absolute atomic E-state index is 0.598. The third kappa shape index (κ3) is 4.47. The van der Waals surface area contributed by atoms with Crippen molar-refractivity contribution in [2.75, 3.05) is 12.3 Å². The fraction of sp³-hybridized carbons (Fsp3) is 0.500. The van der Waals surface area contributed by atoms with Gasteiger partial charge < -0.3 is 0 Å². The van der Waals surface area contributed by atoms with Crippen LogP contribution in [0.2, 0.25) is 0 Å². The zero-order valence-electron chi connectivity index (χ0n) is 9.60. The van der Waals surface area contributed by atoms with E-state index in [0.717, 1.165) is 23.0 Å². The highest BCUT2D eigenvalue weighted by molar-refractivity contribution is 8.14. The van der Waals surface area contributed by atoms with Crippen LogP contribution < -0.4 is 0 Å². The van der Waals surface area contributed by atoms with Crippen molar-refractivity contribution in [2.24, 2.45) is 10.9 Å². The third-order valence-corrected chi connectivity index (χ3v) is 2.67. The van der Waals surface area contributed by atoms with Gasteiger partial charge in [0, 0.05) is 12.7 Å². The first-order chi connectivity index (χ1) is 7.24. The lowest BCUT2D eigenvalue weighted by molar-refractivity contribution is 0.666. The van der Waals surface area contributed by atoms with Gasteiger partial charge in [0.2, 0.25) is 0 Å². The Kier molecular flexibility index (Phi) is 5.40. The van der Waals surface area contributed by atoms with Gasteiger partial charge in [-0.15, -0.1) is 11.8 Å². The molecule has 0 aliphatic carbocycles. The van der Waals surface area contributed by atoms with Crippen molar-refractivity contribution in [1.29, 1.82) is 0 Å². The van der Waals surface area contributed by atoms with E-state index >= 15 is 0 Å². The smallest absolute Gasteiger partial charge is 0.116 e. The van der Waals surface area contributed by atoms with Crippen LogP contribution in [0.1, 0.15) is 26.5 Å². The van der Waals surface area contributed by atoms with Crippen LogP contribution in [0.15, 0.2) is 29.4 Å². The summed E-state index contributed by atoms with van der Waals surface area (Å²) in [4.78, 5) is 8.92. The van der Waals surface area contributed by atoms with Crippen molar-refractivity contribution in [1.82, 2.24) is 4.98 Å². The molecule has 0 saturated carbocycles. The molecule has 0 radical (unpaired) electrons. The fourth-order valence-electron chi connectivity index (χ4n) is 1.09. The van der Waals surface area contributed by atoms with Crippen molar-refractivity contribution in [3.63, 3.8) is 0 Å². The van der Waals surface area contributed by atoms with Gasteiger partial charge in [0.1, 0.15) is 5.04 Å². The second-order valence-corrected chi connectivity index (χ2v) is 4.94. The van der Waals surface area contributed by atoms with E-state index in [2.05, 4.69) is 30.7 Å². The third-order valence-electron chi connectivity index (χ3n) is 1.77. The molecular formula is C12H18N2S. The van der Waals surface area contributed by atoms with Crippen LogP contribution in [0.3, 0.4) is 0 Å².